The van der Waals surface area contributed by atoms with Gasteiger partial charge in [-0.1, -0.05) is 83.1 Å². The van der Waals surface area contributed by atoms with E-state index in [1.54, 1.807) is 0 Å². The van der Waals surface area contributed by atoms with Crippen LogP contribution >= 0.6 is 0 Å². The van der Waals surface area contributed by atoms with Crippen LogP contribution in [0.2, 0.25) is 0 Å². The smallest absolute Gasteiger partial charge is 0.408 e. The minimum Gasteiger partial charge on any atom is -0.445 e. The number of fused-ring (bicyclic) bond motifs is 2. The number of alkyl carbamates (subject to hydrolysis) is 1. The molecular formula is C32H39N5O5. The van der Waals surface area contributed by atoms with E-state index in [0.717, 1.165) is 11.1 Å². The summed E-state index contributed by atoms with van der Waals surface area (Å²) in [4.78, 5) is 58.7. The van der Waals surface area contributed by atoms with Gasteiger partial charge in [0, 0.05) is 12.2 Å². The van der Waals surface area contributed by atoms with Crippen LogP contribution in [-0.4, -0.2) is 53.5 Å². The molecule has 0 saturated carbocycles. The Balaban J connectivity index is 1.51. The molecule has 222 valence electrons. The Labute approximate surface area is 247 Å². The lowest BCUT2D eigenvalue weighted by Gasteiger charge is -2.32. The molecule has 0 unspecified atom stereocenters. The van der Waals surface area contributed by atoms with Crippen LogP contribution in [0.5, 0.6) is 0 Å². The number of carbonyl (C=O) groups excluding carboxylic acids is 4. The highest BCUT2D eigenvalue weighted by Gasteiger charge is 2.59. The number of amides is 4. The highest BCUT2D eigenvalue weighted by molar-refractivity contribution is 6.07. The Hall–Kier alpha value is -4.39. The van der Waals surface area contributed by atoms with Crippen molar-refractivity contribution >= 4 is 29.5 Å². The van der Waals surface area contributed by atoms with Gasteiger partial charge < -0.3 is 20.7 Å². The largest absolute Gasteiger partial charge is 0.445 e. The SMILES string of the molecule is [C-]#[N+][C@@H]1C[C@@]2(CN1C(=O)[C@H](CC(C)C)NC(=O)[C@@H](NC(=O)OCc1ccccc1)C(C)(C)C)C(=O)Nc1ccccc12. The van der Waals surface area contributed by atoms with Gasteiger partial charge in [-0.2, -0.15) is 0 Å². The van der Waals surface area contributed by atoms with Gasteiger partial charge in [0.25, 0.3) is 5.91 Å². The molecule has 1 saturated heterocycles. The lowest BCUT2D eigenvalue weighted by molar-refractivity contribution is -0.138. The van der Waals surface area contributed by atoms with E-state index in [1.165, 1.54) is 4.90 Å². The second-order valence-corrected chi connectivity index (χ2v) is 12.6. The van der Waals surface area contributed by atoms with Gasteiger partial charge in [0.2, 0.25) is 11.8 Å². The molecule has 2 aromatic rings. The van der Waals surface area contributed by atoms with E-state index in [9.17, 15) is 19.2 Å². The van der Waals surface area contributed by atoms with Crippen LogP contribution in [-0.2, 0) is 31.1 Å². The first-order valence-electron chi connectivity index (χ1n) is 14.2. The Morgan fingerprint density at radius 2 is 1.76 bits per heavy atom. The third kappa shape index (κ3) is 6.40. The first-order valence-corrected chi connectivity index (χ1v) is 14.2. The van der Waals surface area contributed by atoms with Crippen LogP contribution in [0.1, 0.15) is 58.6 Å². The molecule has 2 aromatic carbocycles. The topological polar surface area (TPSA) is 121 Å². The predicted molar refractivity (Wildman–Crippen MR) is 158 cm³/mol. The van der Waals surface area contributed by atoms with E-state index in [-0.39, 0.29) is 31.4 Å². The van der Waals surface area contributed by atoms with E-state index < -0.39 is 47.0 Å². The number of nitrogens with one attached hydrogen (secondary N) is 3. The van der Waals surface area contributed by atoms with Crippen molar-refractivity contribution in [1.29, 1.82) is 0 Å². The summed E-state index contributed by atoms with van der Waals surface area (Å²) in [6.45, 7) is 17.2. The second-order valence-electron chi connectivity index (χ2n) is 12.6. The van der Waals surface area contributed by atoms with E-state index in [0.29, 0.717) is 12.1 Å². The summed E-state index contributed by atoms with van der Waals surface area (Å²) < 4.78 is 5.35. The van der Waals surface area contributed by atoms with Gasteiger partial charge in [-0.25, -0.2) is 11.4 Å². The number of ether oxygens (including phenoxy) is 1. The molecule has 10 nitrogen and oxygen atoms in total. The van der Waals surface area contributed by atoms with E-state index in [2.05, 4.69) is 20.8 Å². The summed E-state index contributed by atoms with van der Waals surface area (Å²) in [6, 6.07) is 14.6. The molecular weight excluding hydrogens is 534 g/mol. The molecule has 4 amide bonds. The Kier molecular flexibility index (Phi) is 8.90. The number of nitrogens with zero attached hydrogens (tertiary/aromatic N) is 2. The van der Waals surface area contributed by atoms with Gasteiger partial charge in [0.05, 0.1) is 6.42 Å². The number of hydrogen-bond acceptors (Lipinski definition) is 5. The minimum atomic E-state index is -1.02. The van der Waals surface area contributed by atoms with Crippen molar-refractivity contribution in [2.45, 2.75) is 77.7 Å². The highest BCUT2D eigenvalue weighted by atomic mass is 16.5. The molecule has 42 heavy (non-hydrogen) atoms. The fourth-order valence-corrected chi connectivity index (χ4v) is 5.66. The number of anilines is 1. The summed E-state index contributed by atoms with van der Waals surface area (Å²) in [7, 11) is 0. The molecule has 2 aliphatic rings. The zero-order valence-electron chi connectivity index (χ0n) is 24.8. The van der Waals surface area contributed by atoms with Crippen molar-refractivity contribution in [3.8, 4) is 0 Å². The zero-order chi connectivity index (χ0) is 30.7. The minimum absolute atomic E-state index is 0.0367. The summed E-state index contributed by atoms with van der Waals surface area (Å²) in [5.41, 5.74) is 0.541. The van der Waals surface area contributed by atoms with Gasteiger partial charge in [-0.3, -0.25) is 24.1 Å². The van der Waals surface area contributed by atoms with Crippen molar-refractivity contribution in [1.82, 2.24) is 15.5 Å². The molecule has 1 spiro atoms. The Bertz CT molecular complexity index is 1380. The molecule has 3 N–H and O–H groups in total. The first kappa shape index (κ1) is 30.6. The van der Waals surface area contributed by atoms with Crippen LogP contribution in [0, 0.1) is 17.9 Å². The molecule has 0 bridgehead atoms. The average molecular weight is 574 g/mol. The number of hydrogen-bond donors (Lipinski definition) is 3. The van der Waals surface area contributed by atoms with Crippen LogP contribution in [0.3, 0.4) is 0 Å². The average Bonchev–Trinajstić information content (AvgIpc) is 3.47. The highest BCUT2D eigenvalue weighted by Crippen LogP contribution is 2.46. The summed E-state index contributed by atoms with van der Waals surface area (Å²) in [5, 5.41) is 8.43. The van der Waals surface area contributed by atoms with Crippen LogP contribution < -0.4 is 16.0 Å². The lowest BCUT2D eigenvalue weighted by Crippen LogP contribution is -2.58. The molecule has 2 heterocycles. The number of carbonyl (C=O) groups is 4. The standard InChI is InChI=1S/C32H39N5O5/c1-20(2)16-24(34-27(38)26(31(3,4)5)36-30(41)42-18-21-12-8-7-9-13-21)28(39)37-19-32(17-25(37)33-6)22-14-10-11-15-23(22)35-29(32)40/h7-15,20,24-26H,16-19H2,1-5H3,(H,34,38)(H,35,40)(H,36,41)/t24-,25-,26+,32-/m0/s1. The number of para-hydroxylation sites is 1. The van der Waals surface area contributed by atoms with Gasteiger partial charge in [-0.05, 0) is 34.9 Å². The van der Waals surface area contributed by atoms with Crippen LogP contribution in [0.25, 0.3) is 4.85 Å². The second kappa shape index (κ2) is 12.2. The molecule has 2 aliphatic heterocycles. The van der Waals surface area contributed by atoms with Crippen molar-refractivity contribution in [3.05, 3.63) is 77.1 Å². The quantitative estimate of drug-likeness (QED) is 0.408. The van der Waals surface area contributed by atoms with E-state index in [4.69, 9.17) is 11.3 Å². The first-order chi connectivity index (χ1) is 19.9. The third-order valence-electron chi connectivity index (χ3n) is 7.81. The van der Waals surface area contributed by atoms with Crippen molar-refractivity contribution in [3.63, 3.8) is 0 Å². The molecule has 4 atom stereocenters. The molecule has 0 aromatic heterocycles. The number of rotatable bonds is 8. The summed E-state index contributed by atoms with van der Waals surface area (Å²) in [5.74, 6) is -1.15. The number of likely N-dealkylation sites (tertiary alicyclic amines) is 1. The van der Waals surface area contributed by atoms with Crippen LogP contribution in [0.15, 0.2) is 54.6 Å². The van der Waals surface area contributed by atoms with Gasteiger partial charge in [0.1, 0.15) is 24.1 Å². The van der Waals surface area contributed by atoms with Gasteiger partial charge in [-0.15, -0.1) is 0 Å². The maximum absolute atomic E-state index is 14.0. The maximum atomic E-state index is 14.0. The fraction of sp³-hybridized carbons (Fsp3) is 0.469. The van der Waals surface area contributed by atoms with Crippen molar-refractivity contribution in [2.75, 3.05) is 11.9 Å². The van der Waals surface area contributed by atoms with Gasteiger partial charge in [0.15, 0.2) is 0 Å². The van der Waals surface area contributed by atoms with E-state index >= 15 is 0 Å². The maximum Gasteiger partial charge on any atom is 0.408 e. The molecule has 1 fully saturated rings. The lowest BCUT2D eigenvalue weighted by atomic mass is 9.80. The van der Waals surface area contributed by atoms with Crippen LogP contribution in [0.4, 0.5) is 10.5 Å². The zero-order valence-corrected chi connectivity index (χ0v) is 24.8. The predicted octanol–water partition coefficient (Wildman–Crippen LogP) is 4.23. The number of benzene rings is 2. The summed E-state index contributed by atoms with van der Waals surface area (Å²) in [6.07, 6.45) is -1.12. The van der Waals surface area contributed by atoms with Crippen molar-refractivity contribution < 1.29 is 23.9 Å². The van der Waals surface area contributed by atoms with Crippen molar-refractivity contribution in [2.24, 2.45) is 11.3 Å². The Morgan fingerprint density at radius 3 is 2.40 bits per heavy atom. The Morgan fingerprint density at radius 1 is 1.10 bits per heavy atom. The monoisotopic (exact) mass is 573 g/mol. The summed E-state index contributed by atoms with van der Waals surface area (Å²) >= 11 is 0. The normalized spacial score (nSPS) is 20.8. The fourth-order valence-electron chi connectivity index (χ4n) is 5.66. The third-order valence-corrected chi connectivity index (χ3v) is 7.81. The van der Waals surface area contributed by atoms with E-state index in [1.807, 2.05) is 89.2 Å². The molecule has 10 heteroatoms. The molecule has 0 aliphatic carbocycles. The molecule has 0 radical (unpaired) electrons. The van der Waals surface area contributed by atoms with Gasteiger partial charge >= 0.3 is 12.3 Å². The molecule has 4 rings (SSSR count).